The van der Waals surface area contributed by atoms with Crippen LogP contribution in [0.25, 0.3) is 0 Å². The fourth-order valence-corrected chi connectivity index (χ4v) is 1.56. The summed E-state index contributed by atoms with van der Waals surface area (Å²) in [6.45, 7) is 4.61. The molecule has 0 radical (unpaired) electrons. The van der Waals surface area contributed by atoms with Gasteiger partial charge in [0.05, 0.1) is 12.2 Å². The van der Waals surface area contributed by atoms with Crippen molar-refractivity contribution in [2.75, 3.05) is 19.5 Å². The van der Waals surface area contributed by atoms with Crippen molar-refractivity contribution in [3.05, 3.63) is 11.9 Å². The molecule has 18 heavy (non-hydrogen) atoms. The number of anilines is 1. The molecule has 0 aromatic carbocycles. The molecule has 0 saturated heterocycles. The zero-order valence-electron chi connectivity index (χ0n) is 11.3. The molecule has 1 aromatic heterocycles. The lowest BCUT2D eigenvalue weighted by Crippen LogP contribution is -2.25. The highest BCUT2D eigenvalue weighted by atomic mass is 16.5. The topological polar surface area (TPSA) is 70.3 Å². The van der Waals surface area contributed by atoms with Crippen molar-refractivity contribution in [2.45, 2.75) is 44.6 Å². The van der Waals surface area contributed by atoms with Gasteiger partial charge >= 0.3 is 0 Å². The Kier molecular flexibility index (Phi) is 3.71. The van der Waals surface area contributed by atoms with Crippen molar-refractivity contribution < 1.29 is 9.47 Å². The summed E-state index contributed by atoms with van der Waals surface area (Å²) in [7, 11) is 1.70. The molecule has 0 unspecified atom stereocenters. The second-order valence-electron chi connectivity index (χ2n) is 5.33. The first-order chi connectivity index (χ1) is 8.50. The minimum absolute atomic E-state index is 0.183. The summed E-state index contributed by atoms with van der Waals surface area (Å²) in [6, 6.07) is 1.67. The Hall–Kier alpha value is -1.36. The van der Waals surface area contributed by atoms with E-state index in [0.29, 0.717) is 24.2 Å². The summed E-state index contributed by atoms with van der Waals surface area (Å²) < 4.78 is 11.0. The van der Waals surface area contributed by atoms with E-state index in [1.54, 1.807) is 13.2 Å². The molecule has 1 saturated carbocycles. The molecule has 100 valence electrons. The van der Waals surface area contributed by atoms with E-state index in [4.69, 9.17) is 15.2 Å². The van der Waals surface area contributed by atoms with E-state index < -0.39 is 0 Å². The zero-order valence-corrected chi connectivity index (χ0v) is 11.3. The van der Waals surface area contributed by atoms with Gasteiger partial charge in [-0.15, -0.1) is 0 Å². The zero-order chi connectivity index (χ0) is 13.2. The smallest absolute Gasteiger partial charge is 0.218 e. The lowest BCUT2D eigenvalue weighted by molar-refractivity contribution is 0.00507. The van der Waals surface area contributed by atoms with Crippen LogP contribution in [0.4, 0.5) is 5.82 Å². The summed E-state index contributed by atoms with van der Waals surface area (Å²) >= 11 is 0. The minimum Gasteiger partial charge on any atom is -0.477 e. The third-order valence-corrected chi connectivity index (χ3v) is 3.19. The number of ether oxygens (including phenoxy) is 2. The first-order valence-electron chi connectivity index (χ1n) is 6.32. The van der Waals surface area contributed by atoms with Crippen LogP contribution in [0, 0.1) is 0 Å². The van der Waals surface area contributed by atoms with Gasteiger partial charge in [0.1, 0.15) is 11.6 Å². The third-order valence-electron chi connectivity index (χ3n) is 3.19. The van der Waals surface area contributed by atoms with Crippen molar-refractivity contribution in [1.82, 2.24) is 9.97 Å². The molecule has 5 nitrogen and oxygen atoms in total. The second kappa shape index (κ2) is 5.10. The van der Waals surface area contributed by atoms with Crippen molar-refractivity contribution in [3.8, 4) is 5.88 Å². The number of nitrogens with two attached hydrogens (primary N) is 1. The molecule has 0 bridgehead atoms. The molecule has 0 aliphatic heterocycles. The number of methoxy groups -OCH3 is 1. The number of aromatic nitrogens is 2. The summed E-state index contributed by atoms with van der Waals surface area (Å²) in [5.41, 5.74) is 5.57. The van der Waals surface area contributed by atoms with Crippen LogP contribution in [0.1, 0.15) is 44.9 Å². The maximum absolute atomic E-state index is 5.75. The van der Waals surface area contributed by atoms with Gasteiger partial charge in [-0.3, -0.25) is 0 Å². The average Bonchev–Trinajstić information content (AvgIpc) is 3.12. The quantitative estimate of drug-likeness (QED) is 0.838. The number of hydrogen-bond acceptors (Lipinski definition) is 5. The summed E-state index contributed by atoms with van der Waals surface area (Å²) in [5, 5.41) is 0. The lowest BCUT2D eigenvalue weighted by atomic mass is 10.1. The Bertz CT molecular complexity index is 417. The highest BCUT2D eigenvalue weighted by Gasteiger charge is 2.27. The highest BCUT2D eigenvalue weighted by molar-refractivity contribution is 5.34. The molecule has 2 rings (SSSR count). The second-order valence-corrected chi connectivity index (χ2v) is 5.33. The van der Waals surface area contributed by atoms with Gasteiger partial charge in [-0.1, -0.05) is 0 Å². The van der Waals surface area contributed by atoms with E-state index in [9.17, 15) is 0 Å². The van der Waals surface area contributed by atoms with Gasteiger partial charge in [0.25, 0.3) is 0 Å². The minimum atomic E-state index is -0.183. The van der Waals surface area contributed by atoms with Gasteiger partial charge in [0, 0.05) is 25.5 Å². The molecule has 0 amide bonds. The molecular weight excluding hydrogens is 230 g/mol. The predicted octanol–water partition coefficient (Wildman–Crippen LogP) is 2.13. The first kappa shape index (κ1) is 13.1. The molecule has 2 N–H and O–H groups in total. The van der Waals surface area contributed by atoms with E-state index in [1.807, 2.05) is 13.8 Å². The van der Waals surface area contributed by atoms with E-state index in [-0.39, 0.29) is 5.60 Å². The maximum atomic E-state index is 5.75. The van der Waals surface area contributed by atoms with Crippen LogP contribution in [0.5, 0.6) is 5.88 Å². The van der Waals surface area contributed by atoms with Crippen LogP contribution >= 0.6 is 0 Å². The van der Waals surface area contributed by atoms with Gasteiger partial charge in [0.2, 0.25) is 5.88 Å². The summed E-state index contributed by atoms with van der Waals surface area (Å²) in [5.74, 6) is 2.34. The van der Waals surface area contributed by atoms with Crippen LogP contribution in [-0.4, -0.2) is 29.3 Å². The molecule has 1 aliphatic rings. The number of rotatable bonds is 6. The van der Waals surface area contributed by atoms with Crippen molar-refractivity contribution in [1.29, 1.82) is 0 Å². The van der Waals surface area contributed by atoms with Crippen molar-refractivity contribution in [2.24, 2.45) is 0 Å². The molecule has 0 atom stereocenters. The van der Waals surface area contributed by atoms with E-state index >= 15 is 0 Å². The van der Waals surface area contributed by atoms with E-state index in [2.05, 4.69) is 9.97 Å². The van der Waals surface area contributed by atoms with Gasteiger partial charge in [-0.05, 0) is 26.7 Å². The molecule has 1 aromatic rings. The predicted molar refractivity (Wildman–Crippen MR) is 69.6 cm³/mol. The molecular formula is C13H21N3O2. The van der Waals surface area contributed by atoms with Gasteiger partial charge < -0.3 is 15.2 Å². The first-order valence-corrected chi connectivity index (χ1v) is 6.32. The fraction of sp³-hybridized carbons (Fsp3) is 0.692. The van der Waals surface area contributed by atoms with Crippen molar-refractivity contribution >= 4 is 5.82 Å². The molecule has 5 heteroatoms. The molecule has 0 spiro atoms. The largest absolute Gasteiger partial charge is 0.477 e. The van der Waals surface area contributed by atoms with Crippen molar-refractivity contribution in [3.63, 3.8) is 0 Å². The Morgan fingerprint density at radius 3 is 2.72 bits per heavy atom. The number of hydrogen-bond donors (Lipinski definition) is 1. The van der Waals surface area contributed by atoms with Crippen LogP contribution in [0.3, 0.4) is 0 Å². The third kappa shape index (κ3) is 3.57. The van der Waals surface area contributed by atoms with Crippen LogP contribution in [0.15, 0.2) is 6.07 Å². The van der Waals surface area contributed by atoms with Gasteiger partial charge in [-0.2, -0.15) is 4.98 Å². The lowest BCUT2D eigenvalue weighted by Gasteiger charge is -2.22. The Labute approximate surface area is 108 Å². The number of nitrogens with zero attached hydrogens (tertiary/aromatic N) is 2. The Morgan fingerprint density at radius 1 is 1.39 bits per heavy atom. The standard InChI is InChI=1S/C13H21N3O2/c1-13(2,17-3)6-7-18-11-8-10(14)15-12(16-11)9-4-5-9/h8-9H,4-7H2,1-3H3,(H2,14,15,16). The highest BCUT2D eigenvalue weighted by Crippen LogP contribution is 2.38. The number of nitrogen functional groups attached to an aromatic ring is 1. The molecule has 1 heterocycles. The van der Waals surface area contributed by atoms with Gasteiger partial charge in [0.15, 0.2) is 0 Å². The molecule has 1 aliphatic carbocycles. The summed E-state index contributed by atoms with van der Waals surface area (Å²) in [4.78, 5) is 8.62. The van der Waals surface area contributed by atoms with Crippen LogP contribution in [-0.2, 0) is 4.74 Å². The Balaban J connectivity index is 1.92. The van der Waals surface area contributed by atoms with E-state index in [0.717, 1.165) is 25.1 Å². The summed E-state index contributed by atoms with van der Waals surface area (Å²) in [6.07, 6.45) is 3.10. The van der Waals surface area contributed by atoms with Crippen LogP contribution in [0.2, 0.25) is 0 Å². The fourth-order valence-electron chi connectivity index (χ4n) is 1.56. The SMILES string of the molecule is COC(C)(C)CCOc1cc(N)nc(C2CC2)n1. The molecule has 1 fully saturated rings. The maximum Gasteiger partial charge on any atom is 0.218 e. The normalized spacial score (nSPS) is 15.7. The Morgan fingerprint density at radius 2 is 2.11 bits per heavy atom. The average molecular weight is 251 g/mol. The van der Waals surface area contributed by atoms with E-state index in [1.165, 1.54) is 0 Å². The monoisotopic (exact) mass is 251 g/mol. The van der Waals surface area contributed by atoms with Crippen LogP contribution < -0.4 is 10.5 Å². The van der Waals surface area contributed by atoms with Gasteiger partial charge in [-0.25, -0.2) is 4.98 Å².